The molecular weight excluding hydrogens is 322 g/mol. The molecule has 1 aliphatic rings. The van der Waals surface area contributed by atoms with E-state index in [1.165, 1.54) is 9.75 Å². The Bertz CT molecular complexity index is 826. The highest BCUT2D eigenvalue weighted by Crippen LogP contribution is 2.21. The molecular formula is C18H19N3O2S. The average molecular weight is 341 g/mol. The Labute approximate surface area is 144 Å². The Hall–Kier alpha value is -2.34. The molecule has 5 nitrogen and oxygen atoms in total. The van der Waals surface area contributed by atoms with Crippen LogP contribution in [-0.2, 0) is 26.1 Å². The van der Waals surface area contributed by atoms with Gasteiger partial charge in [-0.15, -0.1) is 11.3 Å². The van der Waals surface area contributed by atoms with Crippen LogP contribution in [0.15, 0.2) is 41.1 Å². The van der Waals surface area contributed by atoms with Gasteiger partial charge in [0.15, 0.2) is 0 Å². The molecule has 0 spiro atoms. The zero-order chi connectivity index (χ0) is 16.5. The molecule has 124 valence electrons. The first kappa shape index (κ1) is 15.2. The highest BCUT2D eigenvalue weighted by Gasteiger charge is 2.23. The van der Waals surface area contributed by atoms with E-state index in [0.29, 0.717) is 18.8 Å². The molecule has 1 amide bonds. The molecule has 6 heteroatoms. The van der Waals surface area contributed by atoms with Crippen LogP contribution in [0.4, 0.5) is 0 Å². The van der Waals surface area contributed by atoms with Gasteiger partial charge < -0.3 is 13.9 Å². The van der Waals surface area contributed by atoms with Crippen molar-refractivity contribution in [1.82, 2.24) is 14.5 Å². The molecule has 4 rings (SSSR count). The van der Waals surface area contributed by atoms with Gasteiger partial charge in [0, 0.05) is 28.9 Å². The summed E-state index contributed by atoms with van der Waals surface area (Å²) in [6, 6.07) is 7.90. The predicted molar refractivity (Wildman–Crippen MR) is 91.9 cm³/mol. The normalized spacial score (nSPS) is 13.2. The average Bonchev–Trinajstić information content (AvgIpc) is 3.30. The van der Waals surface area contributed by atoms with E-state index in [1.807, 2.05) is 23.2 Å². The third-order valence-corrected chi connectivity index (χ3v) is 5.22. The third-order valence-electron chi connectivity index (χ3n) is 4.23. The summed E-state index contributed by atoms with van der Waals surface area (Å²) < 4.78 is 7.53. The number of aryl methyl sites for hydroxylation is 3. The number of carbonyl (C=O) groups excluding carboxylic acids is 1. The maximum atomic E-state index is 13.0. The maximum Gasteiger partial charge on any atom is 0.274 e. The highest BCUT2D eigenvalue weighted by atomic mass is 32.1. The molecule has 0 radical (unpaired) electrons. The molecule has 0 saturated carbocycles. The Balaban J connectivity index is 1.59. The van der Waals surface area contributed by atoms with Crippen LogP contribution >= 0.6 is 11.3 Å². The minimum atomic E-state index is -0.0423. The third kappa shape index (κ3) is 3.01. The first-order valence-corrected chi connectivity index (χ1v) is 8.94. The predicted octanol–water partition coefficient (Wildman–Crippen LogP) is 3.63. The maximum absolute atomic E-state index is 13.0. The molecule has 0 atom stereocenters. The standard InChI is InChI=1S/C18H19N3O2S/c1-13-6-7-15(24-13)11-21(10-14-4-3-9-23-14)18(22)16-12-20-8-2-5-17(20)19-16/h3-4,6-7,9,12H,2,5,8,10-11H2,1H3. The summed E-state index contributed by atoms with van der Waals surface area (Å²) >= 11 is 1.72. The van der Waals surface area contributed by atoms with E-state index >= 15 is 0 Å². The van der Waals surface area contributed by atoms with E-state index in [2.05, 4.69) is 28.6 Å². The summed E-state index contributed by atoms with van der Waals surface area (Å²) in [7, 11) is 0. The SMILES string of the molecule is Cc1ccc(CN(Cc2ccco2)C(=O)c2cn3c(n2)CCC3)s1. The summed E-state index contributed by atoms with van der Waals surface area (Å²) in [5.41, 5.74) is 0.532. The van der Waals surface area contributed by atoms with Crippen LogP contribution in [0.5, 0.6) is 0 Å². The molecule has 4 heterocycles. The smallest absolute Gasteiger partial charge is 0.274 e. The van der Waals surface area contributed by atoms with Crippen LogP contribution in [0.1, 0.15) is 38.2 Å². The van der Waals surface area contributed by atoms with Crippen LogP contribution < -0.4 is 0 Å². The lowest BCUT2D eigenvalue weighted by molar-refractivity contribution is 0.0713. The van der Waals surface area contributed by atoms with E-state index in [4.69, 9.17) is 4.42 Å². The summed E-state index contributed by atoms with van der Waals surface area (Å²) in [5, 5.41) is 0. The van der Waals surface area contributed by atoms with Gasteiger partial charge in [0.05, 0.1) is 19.4 Å². The van der Waals surface area contributed by atoms with Gasteiger partial charge in [0.2, 0.25) is 0 Å². The van der Waals surface area contributed by atoms with Crippen molar-refractivity contribution >= 4 is 17.2 Å². The lowest BCUT2D eigenvalue weighted by atomic mass is 10.3. The second-order valence-electron chi connectivity index (χ2n) is 6.09. The monoisotopic (exact) mass is 341 g/mol. The van der Waals surface area contributed by atoms with E-state index < -0.39 is 0 Å². The van der Waals surface area contributed by atoms with Crippen molar-refractivity contribution in [2.24, 2.45) is 0 Å². The number of amides is 1. The second kappa shape index (κ2) is 6.28. The molecule has 0 fully saturated rings. The zero-order valence-corrected chi connectivity index (χ0v) is 14.4. The van der Waals surface area contributed by atoms with Gasteiger partial charge >= 0.3 is 0 Å². The summed E-state index contributed by atoms with van der Waals surface area (Å²) in [6.45, 7) is 4.05. The van der Waals surface area contributed by atoms with Crippen molar-refractivity contribution in [3.63, 3.8) is 0 Å². The fraction of sp³-hybridized carbons (Fsp3) is 0.333. The van der Waals surface area contributed by atoms with Gasteiger partial charge in [-0.05, 0) is 37.6 Å². The van der Waals surface area contributed by atoms with Gasteiger partial charge in [-0.2, -0.15) is 0 Å². The summed E-state index contributed by atoms with van der Waals surface area (Å²) in [5.74, 6) is 1.76. The molecule has 0 N–H and O–H groups in total. The first-order valence-electron chi connectivity index (χ1n) is 8.12. The van der Waals surface area contributed by atoms with Gasteiger partial charge in [0.1, 0.15) is 17.3 Å². The van der Waals surface area contributed by atoms with E-state index in [0.717, 1.165) is 31.0 Å². The van der Waals surface area contributed by atoms with Gasteiger partial charge in [0.25, 0.3) is 5.91 Å². The number of furan rings is 1. The zero-order valence-electron chi connectivity index (χ0n) is 13.6. The quantitative estimate of drug-likeness (QED) is 0.712. The van der Waals surface area contributed by atoms with Crippen molar-refractivity contribution in [1.29, 1.82) is 0 Å². The Morgan fingerprint density at radius 1 is 1.38 bits per heavy atom. The largest absolute Gasteiger partial charge is 0.467 e. The van der Waals surface area contributed by atoms with Crippen molar-refractivity contribution in [3.05, 3.63) is 63.8 Å². The molecule has 24 heavy (non-hydrogen) atoms. The number of aromatic nitrogens is 2. The van der Waals surface area contributed by atoms with Gasteiger partial charge in [-0.3, -0.25) is 4.79 Å². The van der Waals surface area contributed by atoms with Crippen LogP contribution in [0, 0.1) is 6.92 Å². The topological polar surface area (TPSA) is 51.3 Å². The minimum absolute atomic E-state index is 0.0423. The molecule has 3 aromatic rings. The van der Waals surface area contributed by atoms with Crippen LogP contribution in [0.25, 0.3) is 0 Å². The summed E-state index contributed by atoms with van der Waals surface area (Å²) in [4.78, 5) is 21.8. The molecule has 0 saturated heterocycles. The Morgan fingerprint density at radius 3 is 3.00 bits per heavy atom. The molecule has 1 aliphatic heterocycles. The van der Waals surface area contributed by atoms with E-state index in [-0.39, 0.29) is 5.91 Å². The number of carbonyl (C=O) groups is 1. The second-order valence-corrected chi connectivity index (χ2v) is 7.46. The van der Waals surface area contributed by atoms with E-state index in [1.54, 1.807) is 17.6 Å². The minimum Gasteiger partial charge on any atom is -0.467 e. The number of hydrogen-bond donors (Lipinski definition) is 0. The lowest BCUT2D eigenvalue weighted by Crippen LogP contribution is -2.30. The number of fused-ring (bicyclic) bond motifs is 1. The van der Waals surface area contributed by atoms with Crippen LogP contribution in [-0.4, -0.2) is 20.4 Å². The number of thiophene rings is 1. The van der Waals surface area contributed by atoms with Crippen molar-refractivity contribution < 1.29 is 9.21 Å². The fourth-order valence-electron chi connectivity index (χ4n) is 3.07. The van der Waals surface area contributed by atoms with Crippen molar-refractivity contribution in [2.75, 3.05) is 0 Å². The first-order chi connectivity index (χ1) is 11.7. The molecule has 0 aliphatic carbocycles. The number of nitrogens with zero attached hydrogens (tertiary/aromatic N) is 3. The molecule has 3 aromatic heterocycles. The van der Waals surface area contributed by atoms with Crippen molar-refractivity contribution in [2.45, 2.75) is 39.4 Å². The number of imidazole rings is 1. The lowest BCUT2D eigenvalue weighted by Gasteiger charge is -2.20. The Kier molecular flexibility index (Phi) is 3.98. The Morgan fingerprint density at radius 2 is 2.29 bits per heavy atom. The van der Waals surface area contributed by atoms with Crippen LogP contribution in [0.3, 0.4) is 0 Å². The number of hydrogen-bond acceptors (Lipinski definition) is 4. The molecule has 0 bridgehead atoms. The molecule has 0 aromatic carbocycles. The summed E-state index contributed by atoms with van der Waals surface area (Å²) in [6.07, 6.45) is 5.59. The highest BCUT2D eigenvalue weighted by molar-refractivity contribution is 7.11. The molecule has 0 unspecified atom stereocenters. The fourth-order valence-corrected chi connectivity index (χ4v) is 3.97. The van der Waals surface area contributed by atoms with Crippen molar-refractivity contribution in [3.8, 4) is 0 Å². The number of rotatable bonds is 5. The van der Waals surface area contributed by atoms with E-state index in [9.17, 15) is 4.79 Å². The van der Waals surface area contributed by atoms with Gasteiger partial charge in [-0.25, -0.2) is 4.98 Å². The van der Waals surface area contributed by atoms with Crippen LogP contribution in [0.2, 0.25) is 0 Å². The van der Waals surface area contributed by atoms with Gasteiger partial charge in [-0.1, -0.05) is 0 Å².